The maximum absolute atomic E-state index is 12.5. The van der Waals surface area contributed by atoms with E-state index in [1.165, 1.54) is 0 Å². The number of hydrogen-bond acceptors (Lipinski definition) is 4. The number of rotatable bonds is 5. The smallest absolute Gasteiger partial charge is 0.320 e. The van der Waals surface area contributed by atoms with E-state index < -0.39 is 18.1 Å². The van der Waals surface area contributed by atoms with Gasteiger partial charge in [0.1, 0.15) is 17.3 Å². The van der Waals surface area contributed by atoms with E-state index >= 15 is 0 Å². The normalized spacial score (nSPS) is 26.6. The Bertz CT molecular complexity index is 756. The molecule has 2 aromatic rings. The molecule has 0 unspecified atom stereocenters. The van der Waals surface area contributed by atoms with Gasteiger partial charge in [0.2, 0.25) is 0 Å². The maximum Gasteiger partial charge on any atom is 0.345 e. The average molecular weight is 355 g/mol. The van der Waals surface area contributed by atoms with Crippen LogP contribution in [-0.4, -0.2) is 32.5 Å². The van der Waals surface area contributed by atoms with Crippen LogP contribution in [0.4, 0.5) is 8.78 Å². The molecular formula is C16H17ClF2N4O. The highest BCUT2D eigenvalue weighted by atomic mass is 35.5. The Morgan fingerprint density at radius 3 is 2.67 bits per heavy atom. The fourth-order valence-corrected chi connectivity index (χ4v) is 3.82. The molecule has 24 heavy (non-hydrogen) atoms. The molecule has 8 heteroatoms. The summed E-state index contributed by atoms with van der Waals surface area (Å²) >= 11 is 6.23. The van der Waals surface area contributed by atoms with Gasteiger partial charge in [0.25, 0.3) is 0 Å². The van der Waals surface area contributed by atoms with Crippen LogP contribution in [0.2, 0.25) is 5.15 Å². The highest BCUT2D eigenvalue weighted by molar-refractivity contribution is 6.29. The van der Waals surface area contributed by atoms with Gasteiger partial charge in [-0.15, -0.1) is 10.2 Å². The first kappa shape index (κ1) is 15.9. The van der Waals surface area contributed by atoms with Gasteiger partial charge in [-0.3, -0.25) is 0 Å². The summed E-state index contributed by atoms with van der Waals surface area (Å²) < 4.78 is 31.6. The number of alkyl halides is 2. The number of halogens is 3. The first-order valence-corrected chi connectivity index (χ1v) is 8.32. The van der Waals surface area contributed by atoms with Crippen LogP contribution in [0, 0.1) is 0 Å². The molecule has 0 aliphatic heterocycles. The summed E-state index contributed by atoms with van der Waals surface area (Å²) in [6.07, 6.45) is 4.19. The van der Waals surface area contributed by atoms with Crippen LogP contribution < -0.4 is 0 Å². The van der Waals surface area contributed by atoms with Crippen molar-refractivity contribution >= 4 is 11.6 Å². The van der Waals surface area contributed by atoms with Gasteiger partial charge in [-0.1, -0.05) is 11.6 Å². The van der Waals surface area contributed by atoms with Crippen molar-refractivity contribution in [2.24, 2.45) is 7.05 Å². The molecular weight excluding hydrogens is 338 g/mol. The van der Waals surface area contributed by atoms with Crippen molar-refractivity contribution in [1.82, 2.24) is 19.7 Å². The van der Waals surface area contributed by atoms with Gasteiger partial charge in [-0.05, 0) is 43.4 Å². The minimum Gasteiger partial charge on any atom is -0.320 e. The summed E-state index contributed by atoms with van der Waals surface area (Å²) in [7, 11) is 1.85. The third kappa shape index (κ3) is 2.69. The largest absolute Gasteiger partial charge is 0.345 e. The molecule has 0 atom stereocenters. The quantitative estimate of drug-likeness (QED) is 0.772. The fourth-order valence-electron chi connectivity index (χ4n) is 3.60. The minimum atomic E-state index is -2.77. The molecule has 0 bridgehead atoms. The third-order valence-electron chi connectivity index (χ3n) is 4.95. The van der Waals surface area contributed by atoms with E-state index in [1.807, 2.05) is 17.7 Å². The lowest BCUT2D eigenvalue weighted by Crippen LogP contribution is -2.49. The number of ether oxygens (including phenoxy) is 1. The summed E-state index contributed by atoms with van der Waals surface area (Å²) in [5.41, 5.74) is 1.41. The SMILES string of the molecule is Cn1cnnc1C1(c2cc(Cl)nc(C3CC3)c2)CC(OC(F)F)C1. The van der Waals surface area contributed by atoms with Crippen molar-refractivity contribution in [1.29, 1.82) is 0 Å². The van der Waals surface area contributed by atoms with Gasteiger partial charge >= 0.3 is 6.61 Å². The number of aryl methyl sites for hydroxylation is 1. The lowest BCUT2D eigenvalue weighted by Gasteiger charge is -2.46. The van der Waals surface area contributed by atoms with Crippen molar-refractivity contribution in [3.63, 3.8) is 0 Å². The monoisotopic (exact) mass is 354 g/mol. The maximum atomic E-state index is 12.5. The van der Waals surface area contributed by atoms with Gasteiger partial charge in [-0.2, -0.15) is 8.78 Å². The van der Waals surface area contributed by atoms with Crippen molar-refractivity contribution < 1.29 is 13.5 Å². The molecule has 0 radical (unpaired) electrons. The summed E-state index contributed by atoms with van der Waals surface area (Å²) in [4.78, 5) is 4.41. The molecule has 0 N–H and O–H groups in total. The molecule has 2 aromatic heterocycles. The Morgan fingerprint density at radius 2 is 2.08 bits per heavy atom. The average Bonchev–Trinajstić information content (AvgIpc) is 3.24. The van der Waals surface area contributed by atoms with E-state index in [1.54, 1.807) is 12.4 Å². The lowest BCUT2D eigenvalue weighted by molar-refractivity contribution is -0.192. The minimum absolute atomic E-state index is 0.425. The Kier molecular flexibility index (Phi) is 3.80. The standard InChI is InChI=1S/C16H17ClF2N4O/c1-23-8-20-22-14(23)16(6-11(7-16)24-15(18)19)10-4-12(9-2-3-9)21-13(17)5-10/h4-5,8-9,11,15H,2-3,6-7H2,1H3. The second-order valence-corrected chi connectivity index (χ2v) is 7.04. The van der Waals surface area contributed by atoms with Gasteiger partial charge in [0.05, 0.1) is 11.5 Å². The van der Waals surface area contributed by atoms with E-state index in [-0.39, 0.29) is 0 Å². The van der Waals surface area contributed by atoms with E-state index in [2.05, 4.69) is 19.9 Å². The number of aromatic nitrogens is 4. The highest BCUT2D eigenvalue weighted by Gasteiger charge is 2.51. The van der Waals surface area contributed by atoms with E-state index in [4.69, 9.17) is 11.6 Å². The Balaban J connectivity index is 1.73. The molecule has 2 heterocycles. The van der Waals surface area contributed by atoms with Crippen LogP contribution in [0.3, 0.4) is 0 Å². The summed E-state index contributed by atoms with van der Waals surface area (Å²) in [6.45, 7) is -2.77. The van der Waals surface area contributed by atoms with Crippen LogP contribution in [0.1, 0.15) is 48.7 Å². The van der Waals surface area contributed by atoms with Crippen molar-refractivity contribution in [3.8, 4) is 0 Å². The van der Waals surface area contributed by atoms with Gasteiger partial charge in [0.15, 0.2) is 0 Å². The van der Waals surface area contributed by atoms with E-state index in [9.17, 15) is 8.78 Å². The molecule has 2 saturated carbocycles. The molecule has 2 fully saturated rings. The van der Waals surface area contributed by atoms with Gasteiger partial charge in [0, 0.05) is 18.7 Å². The van der Waals surface area contributed by atoms with Crippen LogP contribution in [0.5, 0.6) is 0 Å². The Labute approximate surface area is 143 Å². The lowest BCUT2D eigenvalue weighted by atomic mass is 9.62. The first-order valence-electron chi connectivity index (χ1n) is 7.94. The van der Waals surface area contributed by atoms with Crippen LogP contribution >= 0.6 is 11.6 Å². The molecule has 0 spiro atoms. The van der Waals surface area contributed by atoms with Crippen molar-refractivity contribution in [2.45, 2.75) is 49.7 Å². The number of hydrogen-bond donors (Lipinski definition) is 0. The summed E-state index contributed by atoms with van der Waals surface area (Å²) in [6, 6.07) is 3.84. The zero-order chi connectivity index (χ0) is 16.9. The molecule has 128 valence electrons. The molecule has 0 aromatic carbocycles. The molecule has 2 aliphatic rings. The number of nitrogens with zero attached hydrogens (tertiary/aromatic N) is 4. The summed E-state index contributed by atoms with van der Waals surface area (Å²) in [5.74, 6) is 1.19. The second-order valence-electron chi connectivity index (χ2n) is 6.65. The van der Waals surface area contributed by atoms with Crippen molar-refractivity contribution in [3.05, 3.63) is 40.7 Å². The van der Waals surface area contributed by atoms with Gasteiger partial charge in [-0.25, -0.2) is 4.98 Å². The van der Waals surface area contributed by atoms with Crippen LogP contribution in [-0.2, 0) is 17.2 Å². The Morgan fingerprint density at radius 1 is 1.33 bits per heavy atom. The zero-order valence-corrected chi connectivity index (χ0v) is 13.9. The van der Waals surface area contributed by atoms with Crippen LogP contribution in [0.25, 0.3) is 0 Å². The van der Waals surface area contributed by atoms with Crippen LogP contribution in [0.15, 0.2) is 18.5 Å². The third-order valence-corrected chi connectivity index (χ3v) is 5.14. The predicted octanol–water partition coefficient (Wildman–Crippen LogP) is 3.43. The van der Waals surface area contributed by atoms with Crippen molar-refractivity contribution in [2.75, 3.05) is 0 Å². The van der Waals surface area contributed by atoms with E-state index in [0.717, 1.165) is 29.9 Å². The summed E-state index contributed by atoms with van der Waals surface area (Å²) in [5, 5.41) is 8.60. The molecule has 2 aliphatic carbocycles. The Hall–Kier alpha value is -1.60. The molecule has 0 saturated heterocycles. The first-order chi connectivity index (χ1) is 11.5. The number of pyridine rings is 1. The zero-order valence-electron chi connectivity index (χ0n) is 13.1. The predicted molar refractivity (Wildman–Crippen MR) is 83.1 cm³/mol. The van der Waals surface area contributed by atoms with Gasteiger partial charge < -0.3 is 9.30 Å². The second kappa shape index (κ2) is 5.74. The molecule has 4 rings (SSSR count). The molecule has 5 nitrogen and oxygen atoms in total. The van der Waals surface area contributed by atoms with E-state index in [0.29, 0.717) is 23.9 Å². The molecule has 0 amide bonds. The highest BCUT2D eigenvalue weighted by Crippen LogP contribution is 2.51. The topological polar surface area (TPSA) is 52.8 Å². The fraction of sp³-hybridized carbons (Fsp3) is 0.562.